The van der Waals surface area contributed by atoms with Gasteiger partial charge in [-0.3, -0.25) is 9.79 Å². The van der Waals surface area contributed by atoms with Crippen molar-refractivity contribution in [1.82, 2.24) is 20.4 Å². The minimum atomic E-state index is -0.223. The highest BCUT2D eigenvalue weighted by molar-refractivity contribution is 5.80. The quantitative estimate of drug-likeness (QED) is 0.509. The second-order valence-electron chi connectivity index (χ2n) is 7.68. The number of nitrogens with one attached hydrogen (secondary N) is 1. The molecular weight excluding hydrogens is 380 g/mol. The maximum absolute atomic E-state index is 11.3. The maximum atomic E-state index is 11.3. The minimum absolute atomic E-state index is 0.223. The van der Waals surface area contributed by atoms with Gasteiger partial charge in [-0.25, -0.2) is 0 Å². The Balaban J connectivity index is 1.58. The number of carbonyl (C=O) groups is 1. The van der Waals surface area contributed by atoms with Crippen molar-refractivity contribution in [3.63, 3.8) is 0 Å². The van der Waals surface area contributed by atoms with Crippen LogP contribution in [0.4, 0.5) is 0 Å². The van der Waals surface area contributed by atoms with Crippen molar-refractivity contribution in [2.24, 2.45) is 16.6 Å². The number of benzene rings is 1. The molecule has 1 unspecified atom stereocenters. The molecule has 1 amide bonds. The summed E-state index contributed by atoms with van der Waals surface area (Å²) < 4.78 is 5.30. The van der Waals surface area contributed by atoms with Crippen LogP contribution in [0.3, 0.4) is 0 Å². The summed E-state index contributed by atoms with van der Waals surface area (Å²) in [6.45, 7) is 7.36. The Labute approximate surface area is 177 Å². The van der Waals surface area contributed by atoms with Gasteiger partial charge >= 0.3 is 0 Å². The molecule has 0 radical (unpaired) electrons. The second-order valence-corrected chi connectivity index (χ2v) is 7.68. The Kier molecular flexibility index (Phi) is 7.82. The van der Waals surface area contributed by atoms with Crippen LogP contribution in [-0.4, -0.2) is 53.1 Å². The third-order valence-electron chi connectivity index (χ3n) is 5.29. The molecule has 0 aliphatic carbocycles. The van der Waals surface area contributed by atoms with Gasteiger partial charge in [-0.15, -0.1) is 0 Å². The Morgan fingerprint density at radius 2 is 2.13 bits per heavy atom. The van der Waals surface area contributed by atoms with Gasteiger partial charge < -0.3 is 20.5 Å². The van der Waals surface area contributed by atoms with Gasteiger partial charge in [0.15, 0.2) is 11.8 Å². The molecular formula is C22H32N6O2. The molecule has 1 aliphatic heterocycles. The predicted molar refractivity (Wildman–Crippen MR) is 117 cm³/mol. The molecule has 8 heteroatoms. The summed E-state index contributed by atoms with van der Waals surface area (Å²) in [5.74, 6) is 2.28. The Bertz CT molecular complexity index is 846. The van der Waals surface area contributed by atoms with E-state index in [-0.39, 0.29) is 5.91 Å². The molecule has 8 nitrogen and oxygen atoms in total. The fourth-order valence-electron chi connectivity index (χ4n) is 3.75. The normalized spacial score (nSPS) is 17.2. The molecule has 3 rings (SSSR count). The topological polar surface area (TPSA) is 110 Å². The zero-order valence-electron chi connectivity index (χ0n) is 17.9. The van der Waals surface area contributed by atoms with Gasteiger partial charge in [0, 0.05) is 44.6 Å². The molecule has 30 heavy (non-hydrogen) atoms. The number of piperidine rings is 1. The first-order chi connectivity index (χ1) is 14.6. The van der Waals surface area contributed by atoms with Gasteiger partial charge in [-0.2, -0.15) is 4.98 Å². The van der Waals surface area contributed by atoms with Gasteiger partial charge in [-0.05, 0) is 49.8 Å². The third-order valence-corrected chi connectivity index (χ3v) is 5.29. The number of hydrogen-bond acceptors (Lipinski definition) is 5. The maximum Gasteiger partial charge on any atom is 0.257 e. The number of aromatic nitrogens is 2. The molecule has 1 saturated heterocycles. The molecule has 3 N–H and O–H groups in total. The number of primary amides is 1. The van der Waals surface area contributed by atoms with Crippen LogP contribution in [0.15, 0.2) is 33.8 Å². The number of nitrogens with zero attached hydrogens (tertiary/aromatic N) is 4. The first kappa shape index (κ1) is 21.8. The fourth-order valence-corrected chi connectivity index (χ4v) is 3.75. The Morgan fingerprint density at radius 1 is 1.33 bits per heavy atom. The first-order valence-corrected chi connectivity index (χ1v) is 10.8. The summed E-state index contributed by atoms with van der Waals surface area (Å²) in [5.41, 5.74) is 7.52. The lowest BCUT2D eigenvalue weighted by molar-refractivity contribution is -0.119. The molecule has 1 aromatic heterocycles. The van der Waals surface area contributed by atoms with Crippen LogP contribution in [0.2, 0.25) is 0 Å². The summed E-state index contributed by atoms with van der Waals surface area (Å²) in [4.78, 5) is 22.7. The highest BCUT2D eigenvalue weighted by atomic mass is 16.5. The van der Waals surface area contributed by atoms with Gasteiger partial charge in [0.2, 0.25) is 5.91 Å². The zero-order chi connectivity index (χ0) is 21.3. The molecule has 0 spiro atoms. The molecule has 2 aromatic rings. The minimum Gasteiger partial charge on any atom is -0.370 e. The smallest absolute Gasteiger partial charge is 0.257 e. The highest BCUT2D eigenvalue weighted by Gasteiger charge is 2.23. The van der Waals surface area contributed by atoms with Gasteiger partial charge in [0.1, 0.15) is 0 Å². The first-order valence-electron chi connectivity index (χ1n) is 10.8. The van der Waals surface area contributed by atoms with Crippen molar-refractivity contribution >= 4 is 11.9 Å². The second kappa shape index (κ2) is 10.8. The summed E-state index contributed by atoms with van der Waals surface area (Å²) in [5, 5.41) is 7.33. The number of guanidine groups is 1. The SMILES string of the molecule is CCNC(=NCCc1ccc(-c2nc(CC)no2)cc1)N1CCCC(CC(N)=O)C1. The molecule has 162 valence electrons. The lowest BCUT2D eigenvalue weighted by atomic mass is 9.95. The number of hydrogen-bond donors (Lipinski definition) is 2. The third kappa shape index (κ3) is 6.05. The van der Waals surface area contributed by atoms with Crippen molar-refractivity contribution in [2.45, 2.75) is 46.0 Å². The Hall–Kier alpha value is -2.90. The van der Waals surface area contributed by atoms with Crippen LogP contribution < -0.4 is 11.1 Å². The van der Waals surface area contributed by atoms with Crippen LogP contribution in [0.25, 0.3) is 11.5 Å². The monoisotopic (exact) mass is 412 g/mol. The van der Waals surface area contributed by atoms with E-state index in [0.717, 1.165) is 62.7 Å². The van der Waals surface area contributed by atoms with E-state index in [4.69, 9.17) is 15.2 Å². The van der Waals surface area contributed by atoms with Gasteiger partial charge in [-0.1, -0.05) is 24.2 Å². The fraction of sp³-hybridized carbons (Fsp3) is 0.545. The van der Waals surface area contributed by atoms with E-state index in [1.165, 1.54) is 5.56 Å². The van der Waals surface area contributed by atoms with E-state index in [1.807, 2.05) is 19.1 Å². The molecule has 1 aromatic carbocycles. The summed E-state index contributed by atoms with van der Waals surface area (Å²) in [7, 11) is 0. The van der Waals surface area contributed by atoms with Gasteiger partial charge in [0.25, 0.3) is 5.89 Å². The van der Waals surface area contributed by atoms with Crippen LogP contribution in [-0.2, 0) is 17.6 Å². The largest absolute Gasteiger partial charge is 0.370 e. The summed E-state index contributed by atoms with van der Waals surface area (Å²) in [6.07, 6.45) is 4.15. The van der Waals surface area contributed by atoms with Crippen molar-refractivity contribution in [3.05, 3.63) is 35.7 Å². The van der Waals surface area contributed by atoms with Gasteiger partial charge in [0.05, 0.1) is 0 Å². The number of rotatable bonds is 8. The van der Waals surface area contributed by atoms with E-state index in [2.05, 4.69) is 39.4 Å². The number of aryl methyl sites for hydroxylation is 1. The lowest BCUT2D eigenvalue weighted by Crippen LogP contribution is -2.47. The van der Waals surface area contributed by atoms with Crippen molar-refractivity contribution < 1.29 is 9.32 Å². The van der Waals surface area contributed by atoms with E-state index in [1.54, 1.807) is 0 Å². The van der Waals surface area contributed by atoms with Crippen molar-refractivity contribution in [3.8, 4) is 11.5 Å². The molecule has 0 saturated carbocycles. The molecule has 1 aliphatic rings. The number of aliphatic imine (C=N–C) groups is 1. The number of carbonyl (C=O) groups excluding carboxylic acids is 1. The number of nitrogens with two attached hydrogens (primary N) is 1. The summed E-state index contributed by atoms with van der Waals surface area (Å²) in [6, 6.07) is 8.18. The number of amides is 1. The van der Waals surface area contributed by atoms with E-state index in [0.29, 0.717) is 24.8 Å². The van der Waals surface area contributed by atoms with Crippen LogP contribution in [0.5, 0.6) is 0 Å². The lowest BCUT2D eigenvalue weighted by Gasteiger charge is -2.34. The van der Waals surface area contributed by atoms with Crippen LogP contribution in [0.1, 0.15) is 44.5 Å². The van der Waals surface area contributed by atoms with Crippen molar-refractivity contribution in [1.29, 1.82) is 0 Å². The van der Waals surface area contributed by atoms with Crippen molar-refractivity contribution in [2.75, 3.05) is 26.2 Å². The van der Waals surface area contributed by atoms with Crippen LogP contribution >= 0.6 is 0 Å². The standard InChI is InChI=1S/C22H32N6O2/c1-3-20-26-21(30-27-20)18-9-7-16(8-10-18)11-12-25-22(24-4-2)28-13-5-6-17(15-28)14-19(23)29/h7-10,17H,3-6,11-15H2,1-2H3,(H2,23,29)(H,24,25). The average Bonchev–Trinajstić information content (AvgIpc) is 3.23. The summed E-state index contributed by atoms with van der Waals surface area (Å²) >= 11 is 0. The zero-order valence-corrected chi connectivity index (χ0v) is 17.9. The molecule has 0 bridgehead atoms. The highest BCUT2D eigenvalue weighted by Crippen LogP contribution is 2.20. The molecule has 1 fully saturated rings. The van der Waals surface area contributed by atoms with E-state index >= 15 is 0 Å². The van der Waals surface area contributed by atoms with E-state index in [9.17, 15) is 4.79 Å². The molecule has 2 heterocycles. The van der Waals surface area contributed by atoms with Crippen LogP contribution in [0, 0.1) is 5.92 Å². The molecule has 1 atom stereocenters. The average molecular weight is 413 g/mol. The predicted octanol–water partition coefficient (Wildman–Crippen LogP) is 2.39. The Morgan fingerprint density at radius 3 is 2.80 bits per heavy atom. The number of likely N-dealkylation sites (tertiary alicyclic amines) is 1. The van der Waals surface area contributed by atoms with E-state index < -0.39 is 0 Å².